The first-order chi connectivity index (χ1) is 6.67. The molecule has 1 aromatic carbocycles. The third-order valence-corrected chi connectivity index (χ3v) is 2.70. The highest BCUT2D eigenvalue weighted by Gasteiger charge is 2.07. The fourth-order valence-electron chi connectivity index (χ4n) is 1.02. The zero-order valence-corrected chi connectivity index (χ0v) is 9.97. The number of ether oxygens (including phenoxy) is 1. The van der Waals surface area contributed by atoms with E-state index in [2.05, 4.69) is 15.9 Å². The van der Waals surface area contributed by atoms with Gasteiger partial charge in [0, 0.05) is 5.33 Å². The minimum Gasteiger partial charge on any atom is -0.488 e. The van der Waals surface area contributed by atoms with Crippen LogP contribution in [0.3, 0.4) is 0 Å². The third-order valence-electron chi connectivity index (χ3n) is 2.05. The van der Waals surface area contributed by atoms with E-state index >= 15 is 0 Å². The molecule has 0 saturated heterocycles. The summed E-state index contributed by atoms with van der Waals surface area (Å²) in [6, 6.07) is 5.03. The highest BCUT2D eigenvalue weighted by molar-refractivity contribution is 9.08. The predicted octanol–water partition coefficient (Wildman–Crippen LogP) is 3.90. The summed E-state index contributed by atoms with van der Waals surface area (Å²) in [6.45, 7) is 3.94. The Kier molecular flexibility index (Phi) is 4.39. The minimum absolute atomic E-state index is 0.0549. The lowest BCUT2D eigenvalue weighted by Gasteiger charge is -2.13. The smallest absolute Gasteiger partial charge is 0.165 e. The summed E-state index contributed by atoms with van der Waals surface area (Å²) in [5.74, 6) is 0.0475. The first-order valence-corrected chi connectivity index (χ1v) is 5.80. The molecule has 0 radical (unpaired) electrons. The molecule has 1 atom stereocenters. The van der Waals surface area contributed by atoms with E-state index in [0.717, 1.165) is 12.0 Å². The molecule has 0 heterocycles. The van der Waals surface area contributed by atoms with Crippen LogP contribution in [0, 0.1) is 5.82 Å². The third kappa shape index (κ3) is 2.98. The fraction of sp³-hybridized carbons (Fsp3) is 0.455. The van der Waals surface area contributed by atoms with Gasteiger partial charge in [0.25, 0.3) is 0 Å². The molecule has 1 unspecified atom stereocenters. The molecule has 0 fully saturated rings. The van der Waals surface area contributed by atoms with E-state index in [0.29, 0.717) is 11.1 Å². The average Bonchev–Trinajstić information content (AvgIpc) is 2.20. The molecule has 78 valence electrons. The maximum absolute atomic E-state index is 13.4. The zero-order valence-electron chi connectivity index (χ0n) is 8.39. The number of hydrogen-bond donors (Lipinski definition) is 0. The van der Waals surface area contributed by atoms with Gasteiger partial charge >= 0.3 is 0 Å². The van der Waals surface area contributed by atoms with Gasteiger partial charge in [-0.05, 0) is 31.0 Å². The highest BCUT2D eigenvalue weighted by atomic mass is 79.9. The van der Waals surface area contributed by atoms with Crippen LogP contribution >= 0.6 is 15.9 Å². The molecule has 0 N–H and O–H groups in total. The lowest BCUT2D eigenvalue weighted by molar-refractivity contribution is 0.207. The maximum atomic E-state index is 13.4. The van der Waals surface area contributed by atoms with E-state index in [9.17, 15) is 4.39 Å². The molecular formula is C11H14BrFO. The highest BCUT2D eigenvalue weighted by Crippen LogP contribution is 2.21. The van der Waals surface area contributed by atoms with Crippen molar-refractivity contribution in [2.45, 2.75) is 31.7 Å². The van der Waals surface area contributed by atoms with Crippen molar-refractivity contribution < 1.29 is 9.13 Å². The van der Waals surface area contributed by atoms with E-state index < -0.39 is 0 Å². The van der Waals surface area contributed by atoms with Crippen molar-refractivity contribution in [2.75, 3.05) is 0 Å². The summed E-state index contributed by atoms with van der Waals surface area (Å²) in [6.07, 6.45) is 0.930. The maximum Gasteiger partial charge on any atom is 0.165 e. The summed E-state index contributed by atoms with van der Waals surface area (Å²) in [4.78, 5) is 0. The van der Waals surface area contributed by atoms with Crippen molar-refractivity contribution in [3.63, 3.8) is 0 Å². The Labute approximate surface area is 92.4 Å². The number of benzene rings is 1. The van der Waals surface area contributed by atoms with Gasteiger partial charge in [0.15, 0.2) is 11.6 Å². The quantitative estimate of drug-likeness (QED) is 0.747. The van der Waals surface area contributed by atoms with E-state index in [4.69, 9.17) is 4.74 Å². The number of alkyl halides is 1. The molecule has 1 rings (SSSR count). The van der Waals surface area contributed by atoms with Crippen LogP contribution in [0.1, 0.15) is 25.8 Å². The van der Waals surface area contributed by atoms with Crippen LogP contribution in [0.5, 0.6) is 5.75 Å². The Morgan fingerprint density at radius 1 is 1.50 bits per heavy atom. The van der Waals surface area contributed by atoms with Crippen molar-refractivity contribution in [1.82, 2.24) is 0 Å². The first kappa shape index (κ1) is 11.5. The second-order valence-corrected chi connectivity index (χ2v) is 3.80. The van der Waals surface area contributed by atoms with Gasteiger partial charge in [-0.2, -0.15) is 0 Å². The van der Waals surface area contributed by atoms with E-state index in [1.54, 1.807) is 6.07 Å². The Hall–Kier alpha value is -0.570. The van der Waals surface area contributed by atoms with Gasteiger partial charge in [-0.1, -0.05) is 28.9 Å². The molecule has 0 amide bonds. The van der Waals surface area contributed by atoms with Crippen LogP contribution in [-0.2, 0) is 5.33 Å². The topological polar surface area (TPSA) is 9.23 Å². The van der Waals surface area contributed by atoms with Crippen LogP contribution < -0.4 is 4.74 Å². The van der Waals surface area contributed by atoms with Gasteiger partial charge < -0.3 is 4.74 Å². The molecule has 0 aromatic heterocycles. The van der Waals surface area contributed by atoms with Crippen molar-refractivity contribution >= 4 is 15.9 Å². The van der Waals surface area contributed by atoms with Gasteiger partial charge in [-0.25, -0.2) is 4.39 Å². The molecular weight excluding hydrogens is 247 g/mol. The first-order valence-electron chi connectivity index (χ1n) is 4.68. The largest absolute Gasteiger partial charge is 0.488 e. The van der Waals surface area contributed by atoms with Gasteiger partial charge in [0.1, 0.15) is 0 Å². The van der Waals surface area contributed by atoms with E-state index in [1.807, 2.05) is 19.9 Å². The average molecular weight is 261 g/mol. The molecule has 0 spiro atoms. The van der Waals surface area contributed by atoms with Crippen LogP contribution in [0.25, 0.3) is 0 Å². The van der Waals surface area contributed by atoms with Crippen LogP contribution in [0.4, 0.5) is 4.39 Å². The second-order valence-electron chi connectivity index (χ2n) is 3.24. The number of halogens is 2. The molecule has 1 aromatic rings. The predicted molar refractivity (Wildman–Crippen MR) is 59.4 cm³/mol. The van der Waals surface area contributed by atoms with Crippen LogP contribution in [0.2, 0.25) is 0 Å². The summed E-state index contributed by atoms with van der Waals surface area (Å²) >= 11 is 3.27. The van der Waals surface area contributed by atoms with Gasteiger partial charge in [0.2, 0.25) is 0 Å². The van der Waals surface area contributed by atoms with Crippen LogP contribution in [0.15, 0.2) is 18.2 Å². The van der Waals surface area contributed by atoms with Crippen molar-refractivity contribution in [3.8, 4) is 5.75 Å². The fourth-order valence-corrected chi connectivity index (χ4v) is 1.37. The molecule has 0 aliphatic heterocycles. The molecule has 1 nitrogen and oxygen atoms in total. The van der Waals surface area contributed by atoms with Gasteiger partial charge in [-0.15, -0.1) is 0 Å². The summed E-state index contributed by atoms with van der Waals surface area (Å²) in [7, 11) is 0. The van der Waals surface area contributed by atoms with Crippen molar-refractivity contribution in [3.05, 3.63) is 29.6 Å². The van der Waals surface area contributed by atoms with Gasteiger partial charge in [0.05, 0.1) is 6.10 Å². The standard InChI is InChI=1S/C11H14BrFO/c1-3-8(2)14-11-5-4-9(7-12)6-10(11)13/h4-6,8H,3,7H2,1-2H3. The zero-order chi connectivity index (χ0) is 10.6. The van der Waals surface area contributed by atoms with Crippen molar-refractivity contribution in [1.29, 1.82) is 0 Å². The lowest BCUT2D eigenvalue weighted by atomic mass is 10.2. The summed E-state index contributed by atoms with van der Waals surface area (Å²) in [5, 5.41) is 0.660. The molecule has 3 heteroatoms. The minimum atomic E-state index is -0.290. The van der Waals surface area contributed by atoms with Crippen LogP contribution in [-0.4, -0.2) is 6.10 Å². The Balaban J connectivity index is 2.78. The molecule has 0 aliphatic rings. The Morgan fingerprint density at radius 3 is 2.71 bits per heavy atom. The molecule has 0 aliphatic carbocycles. The molecule has 0 bridgehead atoms. The Bertz CT molecular complexity index is 301. The monoisotopic (exact) mass is 260 g/mol. The number of rotatable bonds is 4. The normalized spacial score (nSPS) is 12.6. The SMILES string of the molecule is CCC(C)Oc1ccc(CBr)cc1F. The van der Waals surface area contributed by atoms with E-state index in [1.165, 1.54) is 6.07 Å². The second kappa shape index (κ2) is 5.35. The Morgan fingerprint density at radius 2 is 2.21 bits per heavy atom. The summed E-state index contributed by atoms with van der Waals surface area (Å²) in [5.41, 5.74) is 0.916. The molecule has 14 heavy (non-hydrogen) atoms. The lowest BCUT2D eigenvalue weighted by Crippen LogP contribution is -2.10. The van der Waals surface area contributed by atoms with E-state index in [-0.39, 0.29) is 11.9 Å². The summed E-state index contributed by atoms with van der Waals surface area (Å²) < 4.78 is 18.8. The number of hydrogen-bond acceptors (Lipinski definition) is 1. The van der Waals surface area contributed by atoms with Gasteiger partial charge in [-0.3, -0.25) is 0 Å². The van der Waals surface area contributed by atoms with Crippen molar-refractivity contribution in [2.24, 2.45) is 0 Å². The molecule has 0 saturated carbocycles.